The number of hydrogen-bond donors (Lipinski definition) is 2. The minimum atomic E-state index is -0.555. The molecular weight excluding hydrogens is 426 g/mol. The second-order valence-corrected chi connectivity index (χ2v) is 7.66. The van der Waals surface area contributed by atoms with Gasteiger partial charge in [-0.05, 0) is 53.2 Å². The first-order chi connectivity index (χ1) is 13.4. The van der Waals surface area contributed by atoms with Crippen LogP contribution in [0.25, 0.3) is 0 Å². The summed E-state index contributed by atoms with van der Waals surface area (Å²) >= 11 is 3.45. The van der Waals surface area contributed by atoms with Crippen LogP contribution < -0.4 is 20.3 Å². The van der Waals surface area contributed by atoms with Crippen LogP contribution >= 0.6 is 15.9 Å². The number of fused-ring (bicyclic) bond motifs is 1. The molecule has 2 heterocycles. The Morgan fingerprint density at radius 1 is 1.25 bits per heavy atom. The van der Waals surface area contributed by atoms with E-state index in [2.05, 4.69) is 26.6 Å². The lowest BCUT2D eigenvalue weighted by Gasteiger charge is -2.24. The molecule has 7 nitrogen and oxygen atoms in total. The van der Waals surface area contributed by atoms with Crippen molar-refractivity contribution in [2.75, 3.05) is 22.1 Å². The Kier molecular flexibility index (Phi) is 4.80. The van der Waals surface area contributed by atoms with Crippen molar-refractivity contribution in [3.05, 3.63) is 46.9 Å². The summed E-state index contributed by atoms with van der Waals surface area (Å²) in [6.45, 7) is 1.98. The zero-order valence-electron chi connectivity index (χ0n) is 15.1. The van der Waals surface area contributed by atoms with Gasteiger partial charge in [0, 0.05) is 23.1 Å². The van der Waals surface area contributed by atoms with E-state index in [-0.39, 0.29) is 24.1 Å². The number of carbonyl (C=O) groups excluding carboxylic acids is 3. The van der Waals surface area contributed by atoms with E-state index in [0.717, 1.165) is 10.2 Å². The summed E-state index contributed by atoms with van der Waals surface area (Å²) in [7, 11) is 0. The van der Waals surface area contributed by atoms with Crippen molar-refractivity contribution >= 4 is 50.7 Å². The first kappa shape index (κ1) is 18.5. The molecule has 1 fully saturated rings. The number of hydrogen-bond acceptors (Lipinski definition) is 4. The summed E-state index contributed by atoms with van der Waals surface area (Å²) in [5.74, 6) is -0.462. The van der Waals surface area contributed by atoms with Gasteiger partial charge in [0.1, 0.15) is 5.75 Å². The zero-order chi connectivity index (χ0) is 19.8. The van der Waals surface area contributed by atoms with Crippen LogP contribution in [-0.2, 0) is 14.4 Å². The Bertz CT molecular complexity index is 978. The van der Waals surface area contributed by atoms with Crippen LogP contribution in [0.15, 0.2) is 46.9 Å². The van der Waals surface area contributed by atoms with Crippen molar-refractivity contribution < 1.29 is 19.1 Å². The van der Waals surface area contributed by atoms with Gasteiger partial charge in [-0.15, -0.1) is 0 Å². The zero-order valence-corrected chi connectivity index (χ0v) is 16.7. The van der Waals surface area contributed by atoms with Gasteiger partial charge in [0.2, 0.25) is 11.8 Å². The summed E-state index contributed by atoms with van der Waals surface area (Å²) in [6.07, 6.45) is -0.407. The van der Waals surface area contributed by atoms with E-state index in [1.807, 2.05) is 24.3 Å². The van der Waals surface area contributed by atoms with Crippen LogP contribution in [-0.4, -0.2) is 30.4 Å². The Morgan fingerprint density at radius 2 is 2.04 bits per heavy atom. The highest BCUT2D eigenvalue weighted by Gasteiger charge is 2.36. The molecule has 0 spiro atoms. The standard InChI is InChI=1S/C20H18BrN3O4/c1-11-19(26)23-15-9-13(6-7-17(15)28-11)22-20(27)12-8-18(25)24(10-12)16-5-3-2-4-14(16)21/h2-7,9,11-12H,8,10H2,1H3,(H,22,27)(H,23,26). The summed E-state index contributed by atoms with van der Waals surface area (Å²) in [6, 6.07) is 12.5. The number of amides is 3. The third kappa shape index (κ3) is 3.47. The molecule has 4 rings (SSSR count). The van der Waals surface area contributed by atoms with Crippen LogP contribution in [0.5, 0.6) is 5.75 Å². The molecule has 2 atom stereocenters. The van der Waals surface area contributed by atoms with Gasteiger partial charge in [-0.1, -0.05) is 12.1 Å². The molecule has 2 aliphatic heterocycles. The molecule has 2 aromatic carbocycles. The topological polar surface area (TPSA) is 87.7 Å². The number of carbonyl (C=O) groups is 3. The van der Waals surface area contributed by atoms with E-state index >= 15 is 0 Å². The monoisotopic (exact) mass is 443 g/mol. The lowest BCUT2D eigenvalue weighted by Crippen LogP contribution is -2.34. The first-order valence-corrected chi connectivity index (χ1v) is 9.69. The molecule has 0 bridgehead atoms. The van der Waals surface area contributed by atoms with Crippen LogP contribution in [0.3, 0.4) is 0 Å². The number of anilines is 3. The third-order valence-electron chi connectivity index (χ3n) is 4.82. The van der Waals surface area contributed by atoms with E-state index in [4.69, 9.17) is 4.74 Å². The Morgan fingerprint density at radius 3 is 2.82 bits per heavy atom. The normalized spacial score (nSPS) is 21.0. The number of para-hydroxylation sites is 1. The van der Waals surface area contributed by atoms with Crippen LogP contribution in [0.4, 0.5) is 17.1 Å². The van der Waals surface area contributed by atoms with Gasteiger partial charge >= 0.3 is 0 Å². The maximum absolute atomic E-state index is 12.7. The quantitative estimate of drug-likeness (QED) is 0.762. The van der Waals surface area contributed by atoms with Crippen molar-refractivity contribution in [3.63, 3.8) is 0 Å². The molecule has 0 saturated carbocycles. The van der Waals surface area contributed by atoms with Crippen molar-refractivity contribution in [2.45, 2.75) is 19.4 Å². The van der Waals surface area contributed by atoms with Crippen LogP contribution in [0, 0.1) is 5.92 Å². The molecule has 3 amide bonds. The maximum Gasteiger partial charge on any atom is 0.265 e. The molecule has 1 saturated heterocycles. The second-order valence-electron chi connectivity index (χ2n) is 6.81. The molecule has 2 unspecified atom stereocenters. The van der Waals surface area contributed by atoms with Crippen LogP contribution in [0.2, 0.25) is 0 Å². The first-order valence-electron chi connectivity index (χ1n) is 8.89. The number of halogens is 1. The highest BCUT2D eigenvalue weighted by molar-refractivity contribution is 9.10. The molecule has 28 heavy (non-hydrogen) atoms. The maximum atomic E-state index is 12.7. The van der Waals surface area contributed by atoms with Crippen molar-refractivity contribution in [3.8, 4) is 5.75 Å². The summed E-state index contributed by atoms with van der Waals surface area (Å²) in [5, 5.41) is 5.58. The molecule has 0 aromatic heterocycles. The molecule has 8 heteroatoms. The highest BCUT2D eigenvalue weighted by Crippen LogP contribution is 2.34. The van der Waals surface area contributed by atoms with Gasteiger partial charge in [0.25, 0.3) is 5.91 Å². The largest absolute Gasteiger partial charge is 0.479 e. The lowest BCUT2D eigenvalue weighted by molar-refractivity contribution is -0.122. The summed E-state index contributed by atoms with van der Waals surface area (Å²) < 4.78 is 6.32. The SMILES string of the molecule is CC1Oc2ccc(NC(=O)C3CC(=O)N(c4ccccc4Br)C3)cc2NC1=O. The minimum Gasteiger partial charge on any atom is -0.479 e. The minimum absolute atomic E-state index is 0.0906. The van der Waals surface area contributed by atoms with Gasteiger partial charge in [0.15, 0.2) is 6.10 Å². The average molecular weight is 444 g/mol. The van der Waals surface area contributed by atoms with Gasteiger partial charge in [-0.25, -0.2) is 0 Å². The lowest BCUT2D eigenvalue weighted by atomic mass is 10.1. The smallest absolute Gasteiger partial charge is 0.265 e. The number of rotatable bonds is 3. The van der Waals surface area contributed by atoms with Gasteiger partial charge in [-0.3, -0.25) is 14.4 Å². The van der Waals surface area contributed by atoms with Crippen molar-refractivity contribution in [2.24, 2.45) is 5.92 Å². The van der Waals surface area contributed by atoms with E-state index in [9.17, 15) is 14.4 Å². The molecule has 2 N–H and O–H groups in total. The van der Waals surface area contributed by atoms with Gasteiger partial charge in [-0.2, -0.15) is 0 Å². The van der Waals surface area contributed by atoms with E-state index in [1.54, 1.807) is 30.0 Å². The summed E-state index contributed by atoms with van der Waals surface area (Å²) in [5.41, 5.74) is 1.80. The van der Waals surface area contributed by atoms with Gasteiger partial charge < -0.3 is 20.3 Å². The number of nitrogens with zero attached hydrogens (tertiary/aromatic N) is 1. The predicted molar refractivity (Wildman–Crippen MR) is 108 cm³/mol. The Balaban J connectivity index is 1.46. The van der Waals surface area contributed by atoms with E-state index in [0.29, 0.717) is 23.7 Å². The molecule has 0 aliphatic carbocycles. The predicted octanol–water partition coefficient (Wildman–Crippen LogP) is 3.16. The van der Waals surface area contributed by atoms with E-state index in [1.165, 1.54) is 0 Å². The molecule has 2 aromatic rings. The van der Waals surface area contributed by atoms with Crippen molar-refractivity contribution in [1.29, 1.82) is 0 Å². The molecule has 144 valence electrons. The number of benzene rings is 2. The highest BCUT2D eigenvalue weighted by atomic mass is 79.9. The average Bonchev–Trinajstić information content (AvgIpc) is 3.05. The Labute approximate surface area is 170 Å². The van der Waals surface area contributed by atoms with Crippen molar-refractivity contribution in [1.82, 2.24) is 0 Å². The molecule has 0 radical (unpaired) electrons. The van der Waals surface area contributed by atoms with Crippen LogP contribution in [0.1, 0.15) is 13.3 Å². The van der Waals surface area contributed by atoms with E-state index < -0.39 is 12.0 Å². The number of nitrogens with one attached hydrogen (secondary N) is 2. The molecule has 2 aliphatic rings. The Hall–Kier alpha value is -2.87. The second kappa shape index (κ2) is 7.27. The fraction of sp³-hybridized carbons (Fsp3) is 0.250. The summed E-state index contributed by atoms with van der Waals surface area (Å²) in [4.78, 5) is 38.5. The fourth-order valence-corrected chi connectivity index (χ4v) is 3.82. The molecular formula is C20H18BrN3O4. The third-order valence-corrected chi connectivity index (χ3v) is 5.49. The van der Waals surface area contributed by atoms with Gasteiger partial charge in [0.05, 0.1) is 17.3 Å². The fourth-order valence-electron chi connectivity index (χ4n) is 3.32. The number of ether oxygens (including phenoxy) is 1.